The summed E-state index contributed by atoms with van der Waals surface area (Å²) in [6.07, 6.45) is 3.55. The highest BCUT2D eigenvalue weighted by Gasteiger charge is 2.15. The SMILES string of the molecule is O=C(CSc1ccncc1-c1ccccc1)c1cc(Cl)sc1Cl. The van der Waals surface area contributed by atoms with Crippen molar-refractivity contribution < 1.29 is 4.79 Å². The van der Waals surface area contributed by atoms with E-state index in [0.717, 1.165) is 16.0 Å². The van der Waals surface area contributed by atoms with E-state index < -0.39 is 0 Å². The zero-order valence-corrected chi connectivity index (χ0v) is 15.0. The fourth-order valence-corrected chi connectivity index (χ4v) is 4.52. The molecular weight excluding hydrogens is 369 g/mol. The summed E-state index contributed by atoms with van der Waals surface area (Å²) in [5, 5.41) is 0. The van der Waals surface area contributed by atoms with E-state index in [1.165, 1.54) is 23.1 Å². The molecule has 0 spiro atoms. The molecule has 0 aliphatic heterocycles. The van der Waals surface area contributed by atoms with Crippen LogP contribution in [0.4, 0.5) is 0 Å². The zero-order chi connectivity index (χ0) is 16.2. The lowest BCUT2D eigenvalue weighted by Gasteiger charge is -2.08. The monoisotopic (exact) mass is 379 g/mol. The Bertz CT molecular complexity index is 834. The Hall–Kier alpha value is -1.33. The molecule has 116 valence electrons. The Kier molecular flexibility index (Phi) is 5.38. The standard InChI is InChI=1S/C17H11Cl2NOS2/c18-16-8-12(17(19)23-16)14(21)10-22-15-6-7-20-9-13(15)11-4-2-1-3-5-11/h1-9H,10H2. The quantitative estimate of drug-likeness (QED) is 0.396. The summed E-state index contributed by atoms with van der Waals surface area (Å²) >= 11 is 14.6. The molecule has 0 amide bonds. The van der Waals surface area contributed by atoms with Crippen molar-refractivity contribution in [1.82, 2.24) is 4.98 Å². The normalized spacial score (nSPS) is 10.7. The van der Waals surface area contributed by atoms with Gasteiger partial charge < -0.3 is 0 Å². The van der Waals surface area contributed by atoms with E-state index in [0.29, 0.717) is 20.0 Å². The molecule has 0 unspecified atom stereocenters. The highest BCUT2D eigenvalue weighted by atomic mass is 35.5. The molecule has 0 aliphatic carbocycles. The van der Waals surface area contributed by atoms with Crippen LogP contribution < -0.4 is 0 Å². The van der Waals surface area contributed by atoms with Crippen LogP contribution in [0.1, 0.15) is 10.4 Å². The number of hydrogen-bond acceptors (Lipinski definition) is 4. The van der Waals surface area contributed by atoms with Gasteiger partial charge in [-0.3, -0.25) is 9.78 Å². The number of aromatic nitrogens is 1. The van der Waals surface area contributed by atoms with Crippen molar-refractivity contribution in [1.29, 1.82) is 0 Å². The van der Waals surface area contributed by atoms with Gasteiger partial charge in [0.25, 0.3) is 0 Å². The minimum atomic E-state index is -0.0287. The van der Waals surface area contributed by atoms with Crippen molar-refractivity contribution in [3.63, 3.8) is 0 Å². The summed E-state index contributed by atoms with van der Waals surface area (Å²) in [5.74, 6) is 0.273. The van der Waals surface area contributed by atoms with Crippen molar-refractivity contribution in [3.8, 4) is 11.1 Å². The predicted octanol–water partition coefficient (Wildman–Crippen LogP) is 6.09. The molecule has 23 heavy (non-hydrogen) atoms. The first-order chi connectivity index (χ1) is 11.1. The predicted molar refractivity (Wildman–Crippen MR) is 99.1 cm³/mol. The van der Waals surface area contributed by atoms with Crippen LogP contribution in [0.2, 0.25) is 8.67 Å². The first kappa shape index (κ1) is 16.5. The number of hydrogen-bond donors (Lipinski definition) is 0. The molecule has 2 aromatic heterocycles. The summed E-state index contributed by atoms with van der Waals surface area (Å²) in [6, 6.07) is 13.5. The van der Waals surface area contributed by atoms with E-state index in [1.54, 1.807) is 12.3 Å². The zero-order valence-electron chi connectivity index (χ0n) is 11.8. The third-order valence-electron chi connectivity index (χ3n) is 3.18. The van der Waals surface area contributed by atoms with Crippen LogP contribution in [0.25, 0.3) is 11.1 Å². The maximum Gasteiger partial charge on any atom is 0.175 e. The molecule has 3 aromatic rings. The smallest absolute Gasteiger partial charge is 0.175 e. The Labute approximate surface area is 152 Å². The number of Topliss-reactive ketones (excluding diaryl/α,β-unsaturated/α-hetero) is 1. The number of pyridine rings is 1. The number of carbonyl (C=O) groups excluding carboxylic acids is 1. The molecule has 2 nitrogen and oxygen atoms in total. The van der Waals surface area contributed by atoms with Crippen LogP contribution in [-0.4, -0.2) is 16.5 Å². The minimum Gasteiger partial charge on any atom is -0.293 e. The second-order valence-electron chi connectivity index (χ2n) is 4.69. The maximum atomic E-state index is 12.3. The Morgan fingerprint density at radius 3 is 2.65 bits per heavy atom. The molecule has 0 fully saturated rings. The van der Waals surface area contributed by atoms with Gasteiger partial charge in [-0.25, -0.2) is 0 Å². The molecule has 0 radical (unpaired) electrons. The molecule has 0 saturated carbocycles. The molecular formula is C17H11Cl2NOS2. The number of thiophene rings is 1. The third kappa shape index (κ3) is 3.96. The molecule has 6 heteroatoms. The lowest BCUT2D eigenvalue weighted by Crippen LogP contribution is -2.01. The number of carbonyl (C=O) groups is 1. The summed E-state index contributed by atoms with van der Waals surface area (Å²) in [6.45, 7) is 0. The van der Waals surface area contributed by atoms with Crippen molar-refractivity contribution in [2.75, 3.05) is 5.75 Å². The number of ketones is 1. The molecule has 0 aliphatic rings. The Morgan fingerprint density at radius 1 is 1.17 bits per heavy atom. The maximum absolute atomic E-state index is 12.3. The van der Waals surface area contributed by atoms with Gasteiger partial charge in [-0.2, -0.15) is 0 Å². The molecule has 0 atom stereocenters. The number of nitrogens with zero attached hydrogens (tertiary/aromatic N) is 1. The molecule has 2 heterocycles. The van der Waals surface area contributed by atoms with Crippen LogP contribution in [0, 0.1) is 0 Å². The average Bonchev–Trinajstić information content (AvgIpc) is 2.92. The van der Waals surface area contributed by atoms with Gasteiger partial charge in [-0.15, -0.1) is 23.1 Å². The highest BCUT2D eigenvalue weighted by molar-refractivity contribution is 8.00. The van der Waals surface area contributed by atoms with Crippen LogP contribution in [0.5, 0.6) is 0 Å². The number of rotatable bonds is 5. The highest BCUT2D eigenvalue weighted by Crippen LogP contribution is 2.34. The number of benzene rings is 1. The second-order valence-corrected chi connectivity index (χ2v) is 7.99. The van der Waals surface area contributed by atoms with Gasteiger partial charge in [0.1, 0.15) is 4.34 Å². The minimum absolute atomic E-state index is 0.0287. The van der Waals surface area contributed by atoms with Gasteiger partial charge in [-0.1, -0.05) is 53.5 Å². The van der Waals surface area contributed by atoms with Gasteiger partial charge >= 0.3 is 0 Å². The second kappa shape index (κ2) is 7.49. The van der Waals surface area contributed by atoms with E-state index in [2.05, 4.69) is 4.98 Å². The molecule has 3 rings (SSSR count). The first-order valence-corrected chi connectivity index (χ1v) is 9.31. The summed E-state index contributed by atoms with van der Waals surface area (Å²) < 4.78 is 0.968. The van der Waals surface area contributed by atoms with Gasteiger partial charge in [0.15, 0.2) is 5.78 Å². The van der Waals surface area contributed by atoms with E-state index in [4.69, 9.17) is 23.2 Å². The van der Waals surface area contributed by atoms with Crippen molar-refractivity contribution in [2.24, 2.45) is 0 Å². The molecule has 0 bridgehead atoms. The van der Waals surface area contributed by atoms with Gasteiger partial charge in [0.05, 0.1) is 10.1 Å². The Morgan fingerprint density at radius 2 is 1.96 bits per heavy atom. The number of halogens is 2. The number of thioether (sulfide) groups is 1. The molecule has 0 N–H and O–H groups in total. The van der Waals surface area contributed by atoms with Gasteiger partial charge in [-0.05, 0) is 17.7 Å². The fraction of sp³-hybridized carbons (Fsp3) is 0.0588. The lowest BCUT2D eigenvalue weighted by atomic mass is 10.1. The van der Waals surface area contributed by atoms with Crippen LogP contribution in [0.3, 0.4) is 0 Å². The molecule has 0 saturated heterocycles. The van der Waals surface area contributed by atoms with E-state index in [9.17, 15) is 4.79 Å². The van der Waals surface area contributed by atoms with Crippen LogP contribution >= 0.6 is 46.3 Å². The summed E-state index contributed by atoms with van der Waals surface area (Å²) in [4.78, 5) is 17.5. The summed E-state index contributed by atoms with van der Waals surface area (Å²) in [7, 11) is 0. The largest absolute Gasteiger partial charge is 0.293 e. The fourth-order valence-electron chi connectivity index (χ4n) is 2.09. The van der Waals surface area contributed by atoms with Crippen molar-refractivity contribution in [2.45, 2.75) is 4.90 Å². The van der Waals surface area contributed by atoms with Gasteiger partial charge in [0, 0.05) is 28.4 Å². The van der Waals surface area contributed by atoms with Crippen LogP contribution in [-0.2, 0) is 0 Å². The molecule has 1 aromatic carbocycles. The average molecular weight is 380 g/mol. The topological polar surface area (TPSA) is 30.0 Å². The Balaban J connectivity index is 1.79. The van der Waals surface area contributed by atoms with Gasteiger partial charge in [0.2, 0.25) is 0 Å². The van der Waals surface area contributed by atoms with Crippen molar-refractivity contribution in [3.05, 3.63) is 69.1 Å². The van der Waals surface area contributed by atoms with Crippen LogP contribution in [0.15, 0.2) is 59.8 Å². The van der Waals surface area contributed by atoms with E-state index in [1.807, 2.05) is 42.6 Å². The first-order valence-electron chi connectivity index (χ1n) is 6.75. The van der Waals surface area contributed by atoms with Crippen molar-refractivity contribution >= 4 is 52.1 Å². The summed E-state index contributed by atoms with van der Waals surface area (Å²) in [5.41, 5.74) is 2.58. The van der Waals surface area contributed by atoms with E-state index >= 15 is 0 Å². The third-order valence-corrected chi connectivity index (χ3v) is 5.74. The van der Waals surface area contributed by atoms with E-state index in [-0.39, 0.29) is 5.78 Å². The lowest BCUT2D eigenvalue weighted by molar-refractivity contribution is 0.102.